The number of nitrogens with zero attached hydrogens (tertiary/aromatic N) is 2. The van der Waals surface area contributed by atoms with Gasteiger partial charge in [0.1, 0.15) is 5.75 Å². The van der Waals surface area contributed by atoms with Gasteiger partial charge in [0.2, 0.25) is 0 Å². The highest BCUT2D eigenvalue weighted by Gasteiger charge is 2.42. The summed E-state index contributed by atoms with van der Waals surface area (Å²) in [6, 6.07) is 8.37. The Hall–Kier alpha value is -1.02. The first-order chi connectivity index (χ1) is 12.2. The molecular weight excluding hydrogens is 441 g/mol. The average molecular weight is 473 g/mol. The summed E-state index contributed by atoms with van der Waals surface area (Å²) in [4.78, 5) is 6.88. The van der Waals surface area contributed by atoms with E-state index in [1.54, 1.807) is 7.11 Å². The van der Waals surface area contributed by atoms with Crippen LogP contribution in [0.5, 0.6) is 5.75 Å². The van der Waals surface area contributed by atoms with Gasteiger partial charge in [-0.25, -0.2) is 0 Å². The van der Waals surface area contributed by atoms with Crippen molar-refractivity contribution in [3.05, 3.63) is 29.8 Å². The third kappa shape index (κ3) is 5.49. The molecule has 26 heavy (non-hydrogen) atoms. The standard InChI is InChI=1S/C20H31N3O2.HI/c1-21-19(23-13-10-20(15-23)11-14-25-16-20)22-12-4-3-5-17-6-8-18(24-2)9-7-17;/h6-9H,3-5,10-16H2,1-2H3,(H,21,22);1H. The van der Waals surface area contributed by atoms with Gasteiger partial charge >= 0.3 is 0 Å². The lowest BCUT2D eigenvalue weighted by Gasteiger charge is -2.24. The molecule has 1 spiro atoms. The second-order valence-electron chi connectivity index (χ2n) is 7.25. The Morgan fingerprint density at radius 3 is 2.73 bits per heavy atom. The third-order valence-electron chi connectivity index (χ3n) is 5.47. The number of halogens is 1. The van der Waals surface area contributed by atoms with E-state index in [4.69, 9.17) is 9.47 Å². The zero-order chi connectivity index (χ0) is 17.5. The molecule has 0 aliphatic carbocycles. The van der Waals surface area contributed by atoms with Gasteiger partial charge in [-0.3, -0.25) is 4.99 Å². The van der Waals surface area contributed by atoms with Crippen LogP contribution in [0.2, 0.25) is 0 Å². The maximum atomic E-state index is 5.62. The van der Waals surface area contributed by atoms with Gasteiger partial charge in [0.15, 0.2) is 5.96 Å². The number of nitrogens with one attached hydrogen (secondary N) is 1. The van der Waals surface area contributed by atoms with Gasteiger partial charge in [0.25, 0.3) is 0 Å². The molecule has 1 N–H and O–H groups in total. The van der Waals surface area contributed by atoms with E-state index in [2.05, 4.69) is 27.3 Å². The van der Waals surface area contributed by atoms with Gasteiger partial charge in [-0.15, -0.1) is 24.0 Å². The molecule has 2 heterocycles. The van der Waals surface area contributed by atoms with Gasteiger partial charge in [0, 0.05) is 38.7 Å². The SMILES string of the molecule is CN=C(NCCCCc1ccc(OC)cc1)N1CCC2(CCOC2)C1.I. The van der Waals surface area contributed by atoms with Gasteiger partial charge in [-0.05, 0) is 49.8 Å². The Bertz CT molecular complexity index is 571. The van der Waals surface area contributed by atoms with Gasteiger partial charge in [-0.1, -0.05) is 12.1 Å². The maximum Gasteiger partial charge on any atom is 0.193 e. The summed E-state index contributed by atoms with van der Waals surface area (Å²) in [7, 11) is 3.59. The van der Waals surface area contributed by atoms with Crippen molar-refractivity contribution < 1.29 is 9.47 Å². The molecule has 0 radical (unpaired) electrons. The molecule has 1 unspecified atom stereocenters. The lowest BCUT2D eigenvalue weighted by Crippen LogP contribution is -2.41. The van der Waals surface area contributed by atoms with E-state index in [-0.39, 0.29) is 24.0 Å². The Kier molecular flexibility index (Phi) is 8.47. The largest absolute Gasteiger partial charge is 0.497 e. The minimum absolute atomic E-state index is 0. The van der Waals surface area contributed by atoms with E-state index in [9.17, 15) is 0 Å². The van der Waals surface area contributed by atoms with Crippen molar-refractivity contribution in [3.63, 3.8) is 0 Å². The van der Waals surface area contributed by atoms with Gasteiger partial charge in [-0.2, -0.15) is 0 Å². The van der Waals surface area contributed by atoms with Crippen LogP contribution >= 0.6 is 24.0 Å². The van der Waals surface area contributed by atoms with Crippen LogP contribution in [0.1, 0.15) is 31.2 Å². The number of benzene rings is 1. The smallest absolute Gasteiger partial charge is 0.193 e. The van der Waals surface area contributed by atoms with Crippen molar-refractivity contribution in [2.75, 3.05) is 47.0 Å². The van der Waals surface area contributed by atoms with E-state index in [1.165, 1.54) is 24.8 Å². The summed E-state index contributed by atoms with van der Waals surface area (Å²) in [5.74, 6) is 1.97. The van der Waals surface area contributed by atoms with Gasteiger partial charge in [0.05, 0.1) is 13.7 Å². The van der Waals surface area contributed by atoms with Crippen LogP contribution in [-0.2, 0) is 11.2 Å². The predicted octanol–water partition coefficient (Wildman–Crippen LogP) is 3.32. The maximum absolute atomic E-state index is 5.62. The molecule has 3 rings (SSSR count). The van der Waals surface area contributed by atoms with E-state index >= 15 is 0 Å². The summed E-state index contributed by atoms with van der Waals surface area (Å²) >= 11 is 0. The van der Waals surface area contributed by atoms with Crippen LogP contribution < -0.4 is 10.1 Å². The third-order valence-corrected chi connectivity index (χ3v) is 5.47. The Balaban J connectivity index is 0.00000243. The number of hydrogen-bond acceptors (Lipinski definition) is 3. The highest BCUT2D eigenvalue weighted by molar-refractivity contribution is 14.0. The van der Waals surface area contributed by atoms with Crippen LogP contribution in [0, 0.1) is 5.41 Å². The number of aliphatic imine (C=N–C) groups is 1. The van der Waals surface area contributed by atoms with E-state index in [0.29, 0.717) is 5.41 Å². The summed E-state index contributed by atoms with van der Waals surface area (Å²) in [6.45, 7) is 4.99. The summed E-state index contributed by atoms with van der Waals surface area (Å²) in [6.07, 6.45) is 5.85. The van der Waals surface area contributed by atoms with Gasteiger partial charge < -0.3 is 19.7 Å². The fourth-order valence-electron chi connectivity index (χ4n) is 3.87. The second kappa shape index (κ2) is 10.3. The van der Waals surface area contributed by atoms with Crippen molar-refractivity contribution >= 4 is 29.9 Å². The summed E-state index contributed by atoms with van der Waals surface area (Å²) in [5.41, 5.74) is 1.75. The molecule has 1 atom stereocenters. The molecular formula is C20H32IN3O2. The number of guanidine groups is 1. The molecule has 146 valence electrons. The fourth-order valence-corrected chi connectivity index (χ4v) is 3.87. The molecule has 1 aromatic rings. The van der Waals surface area contributed by atoms with Crippen LogP contribution in [-0.4, -0.2) is 57.9 Å². The molecule has 6 heteroatoms. The average Bonchev–Trinajstić information content (AvgIpc) is 3.29. The Morgan fingerprint density at radius 1 is 1.27 bits per heavy atom. The van der Waals surface area contributed by atoms with E-state index in [0.717, 1.165) is 57.4 Å². The first kappa shape index (κ1) is 21.3. The number of aryl methyl sites for hydroxylation is 1. The van der Waals surface area contributed by atoms with E-state index < -0.39 is 0 Å². The fraction of sp³-hybridized carbons (Fsp3) is 0.650. The quantitative estimate of drug-likeness (QED) is 0.298. The number of ether oxygens (including phenoxy) is 2. The zero-order valence-corrected chi connectivity index (χ0v) is 18.3. The van der Waals surface area contributed by atoms with Crippen LogP contribution in [0.25, 0.3) is 0 Å². The minimum atomic E-state index is 0. The normalized spacial score (nSPS) is 22.5. The Labute approximate surface area is 174 Å². The van der Waals surface area contributed by atoms with Crippen LogP contribution in [0.15, 0.2) is 29.3 Å². The number of rotatable bonds is 6. The lowest BCUT2D eigenvalue weighted by atomic mass is 9.87. The van der Waals surface area contributed by atoms with Crippen molar-refractivity contribution in [2.45, 2.75) is 32.1 Å². The van der Waals surface area contributed by atoms with Crippen molar-refractivity contribution in [1.82, 2.24) is 10.2 Å². The molecule has 5 nitrogen and oxygen atoms in total. The molecule has 0 amide bonds. The highest BCUT2D eigenvalue weighted by atomic mass is 127. The number of hydrogen-bond donors (Lipinski definition) is 1. The molecule has 1 aromatic carbocycles. The molecule has 2 fully saturated rings. The monoisotopic (exact) mass is 473 g/mol. The molecule has 2 aliphatic rings. The number of methoxy groups -OCH3 is 1. The Morgan fingerprint density at radius 2 is 2.08 bits per heavy atom. The molecule has 2 saturated heterocycles. The van der Waals surface area contributed by atoms with E-state index in [1.807, 2.05) is 19.2 Å². The topological polar surface area (TPSA) is 46.1 Å². The van der Waals surface area contributed by atoms with Crippen LogP contribution in [0.4, 0.5) is 0 Å². The zero-order valence-electron chi connectivity index (χ0n) is 16.0. The summed E-state index contributed by atoms with van der Waals surface area (Å²) in [5, 5.41) is 3.54. The highest BCUT2D eigenvalue weighted by Crippen LogP contribution is 2.38. The predicted molar refractivity (Wildman–Crippen MR) is 117 cm³/mol. The lowest BCUT2D eigenvalue weighted by molar-refractivity contribution is 0.156. The second-order valence-corrected chi connectivity index (χ2v) is 7.25. The first-order valence-corrected chi connectivity index (χ1v) is 9.41. The first-order valence-electron chi connectivity index (χ1n) is 9.41. The molecule has 0 bridgehead atoms. The van der Waals surface area contributed by atoms with Crippen molar-refractivity contribution in [1.29, 1.82) is 0 Å². The molecule has 2 aliphatic heterocycles. The molecule has 0 saturated carbocycles. The number of likely N-dealkylation sites (tertiary alicyclic amines) is 1. The molecule has 0 aromatic heterocycles. The van der Waals surface area contributed by atoms with Crippen molar-refractivity contribution in [2.24, 2.45) is 10.4 Å². The van der Waals surface area contributed by atoms with Crippen molar-refractivity contribution in [3.8, 4) is 5.75 Å². The summed E-state index contributed by atoms with van der Waals surface area (Å²) < 4.78 is 10.8. The van der Waals surface area contributed by atoms with Crippen LogP contribution in [0.3, 0.4) is 0 Å². The number of unbranched alkanes of at least 4 members (excludes halogenated alkanes) is 1. The minimum Gasteiger partial charge on any atom is -0.497 e.